The van der Waals surface area contributed by atoms with Crippen molar-refractivity contribution in [1.29, 1.82) is 0 Å². The SMILES string of the molecule is CC1OC(c2ccc(CCC(=O)O)cc2)O1. The van der Waals surface area contributed by atoms with E-state index < -0.39 is 5.97 Å². The van der Waals surface area contributed by atoms with Gasteiger partial charge in [-0.2, -0.15) is 0 Å². The summed E-state index contributed by atoms with van der Waals surface area (Å²) in [5.74, 6) is -0.774. The standard InChI is InChI=1S/C12H14O4/c1-8-15-12(16-8)10-5-2-9(3-6-10)4-7-11(13)14/h2-3,5-6,8,12H,4,7H2,1H3,(H,13,14). The number of carboxylic acid groups (broad SMARTS) is 1. The van der Waals surface area contributed by atoms with Gasteiger partial charge in [-0.05, 0) is 18.9 Å². The lowest BCUT2D eigenvalue weighted by Crippen LogP contribution is -2.31. The van der Waals surface area contributed by atoms with Gasteiger partial charge in [0.25, 0.3) is 0 Å². The molecule has 1 aromatic rings. The second-order valence-corrected chi connectivity index (χ2v) is 3.81. The van der Waals surface area contributed by atoms with Crippen LogP contribution in [0.5, 0.6) is 0 Å². The van der Waals surface area contributed by atoms with Crippen molar-refractivity contribution in [3.05, 3.63) is 35.4 Å². The van der Waals surface area contributed by atoms with Crippen molar-refractivity contribution in [1.82, 2.24) is 0 Å². The van der Waals surface area contributed by atoms with Gasteiger partial charge in [-0.15, -0.1) is 0 Å². The number of carbonyl (C=O) groups is 1. The fraction of sp³-hybridized carbons (Fsp3) is 0.417. The molecule has 1 N–H and O–H groups in total. The molecule has 1 aromatic carbocycles. The van der Waals surface area contributed by atoms with Crippen molar-refractivity contribution >= 4 is 5.97 Å². The highest BCUT2D eigenvalue weighted by Crippen LogP contribution is 2.31. The average Bonchev–Trinajstić information content (AvgIpc) is 2.23. The number of hydrogen-bond acceptors (Lipinski definition) is 3. The normalized spacial score (nSPS) is 23.8. The third kappa shape index (κ3) is 2.59. The van der Waals surface area contributed by atoms with E-state index in [1.807, 2.05) is 31.2 Å². The lowest BCUT2D eigenvalue weighted by molar-refractivity contribution is -0.382. The second-order valence-electron chi connectivity index (χ2n) is 3.81. The number of hydrogen-bond donors (Lipinski definition) is 1. The largest absolute Gasteiger partial charge is 0.481 e. The molecule has 1 heterocycles. The third-order valence-electron chi connectivity index (χ3n) is 2.51. The summed E-state index contributed by atoms with van der Waals surface area (Å²) in [7, 11) is 0. The Labute approximate surface area is 93.8 Å². The minimum Gasteiger partial charge on any atom is -0.481 e. The first kappa shape index (κ1) is 11.1. The van der Waals surface area contributed by atoms with Crippen LogP contribution in [0.3, 0.4) is 0 Å². The van der Waals surface area contributed by atoms with Crippen LogP contribution >= 0.6 is 0 Å². The minimum absolute atomic E-state index is 0.128. The zero-order chi connectivity index (χ0) is 11.5. The Morgan fingerprint density at radius 2 is 1.94 bits per heavy atom. The Morgan fingerprint density at radius 1 is 1.31 bits per heavy atom. The maximum atomic E-state index is 10.4. The van der Waals surface area contributed by atoms with Crippen LogP contribution in [-0.2, 0) is 20.7 Å². The summed E-state index contributed by atoms with van der Waals surface area (Å²) in [6, 6.07) is 7.64. The highest BCUT2D eigenvalue weighted by atomic mass is 16.9. The van der Waals surface area contributed by atoms with Gasteiger partial charge in [0.05, 0.1) is 0 Å². The van der Waals surface area contributed by atoms with Crippen molar-refractivity contribution in [2.45, 2.75) is 32.3 Å². The Balaban J connectivity index is 1.91. The van der Waals surface area contributed by atoms with E-state index in [0.717, 1.165) is 11.1 Å². The van der Waals surface area contributed by atoms with E-state index in [9.17, 15) is 4.79 Å². The Morgan fingerprint density at radius 3 is 2.44 bits per heavy atom. The first-order valence-electron chi connectivity index (χ1n) is 5.27. The molecular formula is C12H14O4. The number of carboxylic acids is 1. The number of aryl methyl sites for hydroxylation is 1. The van der Waals surface area contributed by atoms with Crippen molar-refractivity contribution in [2.75, 3.05) is 0 Å². The van der Waals surface area contributed by atoms with Crippen LogP contribution in [0.4, 0.5) is 0 Å². The molecule has 1 saturated heterocycles. The van der Waals surface area contributed by atoms with Crippen molar-refractivity contribution in [3.8, 4) is 0 Å². The number of aliphatic carboxylic acids is 1. The van der Waals surface area contributed by atoms with Crippen LogP contribution in [0.2, 0.25) is 0 Å². The van der Waals surface area contributed by atoms with E-state index >= 15 is 0 Å². The fourth-order valence-electron chi connectivity index (χ4n) is 1.61. The third-order valence-corrected chi connectivity index (χ3v) is 2.51. The predicted molar refractivity (Wildman–Crippen MR) is 56.8 cm³/mol. The van der Waals surface area contributed by atoms with E-state index in [2.05, 4.69) is 0 Å². The Kier molecular flexibility index (Phi) is 3.22. The Hall–Kier alpha value is -1.39. The van der Waals surface area contributed by atoms with Crippen LogP contribution in [-0.4, -0.2) is 17.4 Å². The predicted octanol–water partition coefficient (Wildman–Crippen LogP) is 2.10. The Bertz CT molecular complexity index is 365. The fourth-order valence-corrected chi connectivity index (χ4v) is 1.61. The molecule has 0 unspecified atom stereocenters. The molecule has 4 heteroatoms. The number of benzene rings is 1. The van der Waals surface area contributed by atoms with Crippen LogP contribution < -0.4 is 0 Å². The summed E-state index contributed by atoms with van der Waals surface area (Å²) >= 11 is 0. The molecule has 0 saturated carbocycles. The van der Waals surface area contributed by atoms with Crippen molar-refractivity contribution in [3.63, 3.8) is 0 Å². The van der Waals surface area contributed by atoms with E-state index in [1.54, 1.807) is 0 Å². The van der Waals surface area contributed by atoms with Gasteiger partial charge in [0, 0.05) is 12.0 Å². The molecule has 86 valence electrons. The molecule has 0 bridgehead atoms. The molecular weight excluding hydrogens is 208 g/mol. The van der Waals surface area contributed by atoms with Crippen LogP contribution in [0.15, 0.2) is 24.3 Å². The smallest absolute Gasteiger partial charge is 0.303 e. The molecule has 0 spiro atoms. The zero-order valence-corrected chi connectivity index (χ0v) is 9.05. The summed E-state index contributed by atoms with van der Waals surface area (Å²) in [5, 5.41) is 8.55. The van der Waals surface area contributed by atoms with E-state index in [1.165, 1.54) is 0 Å². The van der Waals surface area contributed by atoms with Gasteiger partial charge in [-0.3, -0.25) is 4.79 Å². The molecule has 0 aliphatic carbocycles. The zero-order valence-electron chi connectivity index (χ0n) is 9.05. The topological polar surface area (TPSA) is 55.8 Å². The van der Waals surface area contributed by atoms with E-state index in [-0.39, 0.29) is 19.0 Å². The molecule has 0 atom stereocenters. The summed E-state index contributed by atoms with van der Waals surface area (Å²) < 4.78 is 10.7. The number of rotatable bonds is 4. The lowest BCUT2D eigenvalue weighted by Gasteiger charge is -2.33. The van der Waals surface area contributed by atoms with Gasteiger partial charge in [-0.1, -0.05) is 24.3 Å². The van der Waals surface area contributed by atoms with Gasteiger partial charge in [0.15, 0.2) is 12.6 Å². The first-order chi connectivity index (χ1) is 7.65. The maximum absolute atomic E-state index is 10.4. The van der Waals surface area contributed by atoms with Gasteiger partial charge < -0.3 is 14.6 Å². The van der Waals surface area contributed by atoms with Gasteiger partial charge in [0.1, 0.15) is 0 Å². The molecule has 1 aliphatic rings. The maximum Gasteiger partial charge on any atom is 0.303 e. The molecule has 1 aliphatic heterocycles. The monoisotopic (exact) mass is 222 g/mol. The molecule has 1 fully saturated rings. The summed E-state index contributed by atoms with van der Waals surface area (Å²) in [6.45, 7) is 1.84. The van der Waals surface area contributed by atoms with Crippen molar-refractivity contribution < 1.29 is 19.4 Å². The van der Waals surface area contributed by atoms with E-state index in [0.29, 0.717) is 6.42 Å². The number of ether oxygens (including phenoxy) is 2. The summed E-state index contributed by atoms with van der Waals surface area (Å²) in [4.78, 5) is 10.4. The van der Waals surface area contributed by atoms with Gasteiger partial charge in [0.2, 0.25) is 0 Å². The molecule has 0 aromatic heterocycles. The van der Waals surface area contributed by atoms with Crippen molar-refractivity contribution in [2.24, 2.45) is 0 Å². The van der Waals surface area contributed by atoms with Gasteiger partial charge in [-0.25, -0.2) is 0 Å². The molecule has 0 radical (unpaired) electrons. The quantitative estimate of drug-likeness (QED) is 0.847. The highest BCUT2D eigenvalue weighted by Gasteiger charge is 2.27. The van der Waals surface area contributed by atoms with Gasteiger partial charge >= 0.3 is 5.97 Å². The van der Waals surface area contributed by atoms with Crippen LogP contribution in [0.25, 0.3) is 0 Å². The molecule has 4 nitrogen and oxygen atoms in total. The summed E-state index contributed by atoms with van der Waals surface area (Å²) in [6.07, 6.45) is 0.325. The highest BCUT2D eigenvalue weighted by molar-refractivity contribution is 5.67. The van der Waals surface area contributed by atoms with E-state index in [4.69, 9.17) is 14.6 Å². The average molecular weight is 222 g/mol. The molecule has 16 heavy (non-hydrogen) atoms. The van der Waals surface area contributed by atoms with Crippen LogP contribution in [0, 0.1) is 0 Å². The molecule has 2 rings (SSSR count). The summed E-state index contributed by atoms with van der Waals surface area (Å²) in [5.41, 5.74) is 1.98. The first-order valence-corrected chi connectivity index (χ1v) is 5.27. The second kappa shape index (κ2) is 4.63. The lowest BCUT2D eigenvalue weighted by atomic mass is 10.1. The molecule has 0 amide bonds. The minimum atomic E-state index is -0.774. The van der Waals surface area contributed by atoms with Crippen LogP contribution in [0.1, 0.15) is 30.8 Å².